The molecule has 0 aromatic heterocycles. The van der Waals surface area contributed by atoms with Crippen molar-refractivity contribution in [3.8, 4) is 0 Å². The van der Waals surface area contributed by atoms with Crippen LogP contribution in [0.3, 0.4) is 0 Å². The molecule has 4 heteroatoms. The molecule has 0 radical (unpaired) electrons. The third kappa shape index (κ3) is 1.86. The molecular formula is C10H19N3S. The van der Waals surface area contributed by atoms with Gasteiger partial charge in [-0.25, -0.2) is 0 Å². The Morgan fingerprint density at radius 3 is 2.86 bits per heavy atom. The van der Waals surface area contributed by atoms with Gasteiger partial charge in [-0.15, -0.1) is 0 Å². The summed E-state index contributed by atoms with van der Waals surface area (Å²) >= 11 is 5.03. The molecule has 0 aromatic rings. The molecule has 0 saturated carbocycles. The third-order valence-electron chi connectivity index (χ3n) is 3.66. The summed E-state index contributed by atoms with van der Waals surface area (Å²) in [6.45, 7) is 3.37. The average molecular weight is 213 g/mol. The van der Waals surface area contributed by atoms with Gasteiger partial charge in [-0.05, 0) is 51.0 Å². The van der Waals surface area contributed by atoms with Crippen molar-refractivity contribution in [3.63, 3.8) is 0 Å². The van der Waals surface area contributed by atoms with Crippen LogP contribution in [0.2, 0.25) is 0 Å². The van der Waals surface area contributed by atoms with E-state index in [1.165, 1.54) is 25.8 Å². The van der Waals surface area contributed by atoms with E-state index in [1.807, 2.05) is 0 Å². The van der Waals surface area contributed by atoms with Crippen LogP contribution in [0, 0.1) is 5.92 Å². The molecule has 80 valence electrons. The Kier molecular flexibility index (Phi) is 2.93. The molecule has 2 heterocycles. The number of fused-ring (bicyclic) bond motifs is 1. The zero-order chi connectivity index (χ0) is 10.1. The van der Waals surface area contributed by atoms with E-state index < -0.39 is 0 Å². The second-order valence-electron chi connectivity index (χ2n) is 4.52. The van der Waals surface area contributed by atoms with Crippen molar-refractivity contribution in [1.82, 2.24) is 9.80 Å². The van der Waals surface area contributed by atoms with Crippen molar-refractivity contribution in [1.29, 1.82) is 0 Å². The second-order valence-corrected chi connectivity index (χ2v) is 4.94. The molecule has 3 nitrogen and oxygen atoms in total. The summed E-state index contributed by atoms with van der Waals surface area (Å²) in [5.41, 5.74) is 5.67. The zero-order valence-corrected chi connectivity index (χ0v) is 9.59. The van der Waals surface area contributed by atoms with Gasteiger partial charge in [0.15, 0.2) is 5.11 Å². The minimum atomic E-state index is 0.580. The molecule has 2 N–H and O–H groups in total. The van der Waals surface area contributed by atoms with Gasteiger partial charge in [-0.1, -0.05) is 0 Å². The summed E-state index contributed by atoms with van der Waals surface area (Å²) in [6, 6.07) is 0.773. The summed E-state index contributed by atoms with van der Waals surface area (Å²) in [4.78, 5) is 4.67. The number of likely N-dealkylation sites (tertiary alicyclic amines) is 2. The highest BCUT2D eigenvalue weighted by Crippen LogP contribution is 2.29. The standard InChI is InChI=1S/C10H19N3S/c1-12-5-2-3-8-7-13(10(11)14)6-4-9(8)12/h8-9H,2-7H2,1H3,(H2,11,14). The summed E-state index contributed by atoms with van der Waals surface area (Å²) in [5.74, 6) is 0.781. The number of nitrogens with zero attached hydrogens (tertiary/aromatic N) is 2. The summed E-state index contributed by atoms with van der Waals surface area (Å²) in [7, 11) is 2.24. The fourth-order valence-electron chi connectivity index (χ4n) is 2.85. The lowest BCUT2D eigenvalue weighted by Crippen LogP contribution is -2.54. The first-order valence-corrected chi connectivity index (χ1v) is 5.84. The largest absolute Gasteiger partial charge is 0.376 e. The van der Waals surface area contributed by atoms with Gasteiger partial charge >= 0.3 is 0 Å². The molecule has 2 unspecified atom stereocenters. The lowest BCUT2D eigenvalue weighted by Gasteiger charge is -2.46. The predicted octanol–water partition coefficient (Wildman–Crippen LogP) is 0.646. The molecule has 0 aliphatic carbocycles. The quantitative estimate of drug-likeness (QED) is 0.599. The minimum absolute atomic E-state index is 0.580. The molecule has 14 heavy (non-hydrogen) atoms. The summed E-state index contributed by atoms with van der Waals surface area (Å²) in [5, 5.41) is 0.580. The van der Waals surface area contributed by atoms with Gasteiger partial charge < -0.3 is 15.5 Å². The van der Waals surface area contributed by atoms with E-state index in [0.717, 1.165) is 25.0 Å². The van der Waals surface area contributed by atoms with E-state index in [0.29, 0.717) is 5.11 Å². The van der Waals surface area contributed by atoms with Gasteiger partial charge in [0.2, 0.25) is 0 Å². The lowest BCUT2D eigenvalue weighted by atomic mass is 9.84. The van der Waals surface area contributed by atoms with Crippen LogP contribution in [0.4, 0.5) is 0 Å². The first-order valence-electron chi connectivity index (χ1n) is 5.43. The van der Waals surface area contributed by atoms with E-state index >= 15 is 0 Å². The molecule has 2 rings (SSSR count). The lowest BCUT2D eigenvalue weighted by molar-refractivity contribution is 0.0636. The number of hydrogen-bond donors (Lipinski definition) is 1. The minimum Gasteiger partial charge on any atom is -0.376 e. The van der Waals surface area contributed by atoms with Gasteiger partial charge in [0.05, 0.1) is 0 Å². The van der Waals surface area contributed by atoms with E-state index in [9.17, 15) is 0 Å². The van der Waals surface area contributed by atoms with Gasteiger partial charge in [0.25, 0.3) is 0 Å². The number of hydrogen-bond acceptors (Lipinski definition) is 2. The van der Waals surface area contributed by atoms with Crippen molar-refractivity contribution in [2.24, 2.45) is 11.7 Å². The molecule has 2 saturated heterocycles. The van der Waals surface area contributed by atoms with E-state index in [-0.39, 0.29) is 0 Å². The van der Waals surface area contributed by atoms with E-state index in [2.05, 4.69) is 16.8 Å². The maximum atomic E-state index is 5.67. The molecular weight excluding hydrogens is 194 g/mol. The highest BCUT2D eigenvalue weighted by Gasteiger charge is 2.34. The van der Waals surface area contributed by atoms with Crippen LogP contribution in [0.1, 0.15) is 19.3 Å². The Morgan fingerprint density at radius 2 is 2.14 bits per heavy atom. The van der Waals surface area contributed by atoms with Crippen LogP contribution in [0.25, 0.3) is 0 Å². The Labute approximate surface area is 91.2 Å². The van der Waals surface area contributed by atoms with Crippen molar-refractivity contribution < 1.29 is 0 Å². The van der Waals surface area contributed by atoms with Crippen LogP contribution < -0.4 is 5.73 Å². The fraction of sp³-hybridized carbons (Fsp3) is 0.900. The highest BCUT2D eigenvalue weighted by atomic mass is 32.1. The Hall–Kier alpha value is -0.350. The highest BCUT2D eigenvalue weighted by molar-refractivity contribution is 7.80. The second kappa shape index (κ2) is 4.03. The Bertz CT molecular complexity index is 231. The van der Waals surface area contributed by atoms with Crippen LogP contribution in [-0.2, 0) is 0 Å². The Balaban J connectivity index is 1.99. The summed E-state index contributed by atoms with van der Waals surface area (Å²) in [6.07, 6.45) is 3.88. The van der Waals surface area contributed by atoms with Gasteiger partial charge in [0, 0.05) is 19.1 Å². The normalized spacial score (nSPS) is 33.9. The van der Waals surface area contributed by atoms with Crippen LogP contribution in [0.5, 0.6) is 0 Å². The summed E-state index contributed by atoms with van der Waals surface area (Å²) < 4.78 is 0. The number of rotatable bonds is 0. The fourth-order valence-corrected chi connectivity index (χ4v) is 3.02. The topological polar surface area (TPSA) is 32.5 Å². The van der Waals surface area contributed by atoms with Gasteiger partial charge in [0.1, 0.15) is 0 Å². The first kappa shape index (κ1) is 10.2. The zero-order valence-electron chi connectivity index (χ0n) is 8.78. The molecule has 0 aromatic carbocycles. The van der Waals surface area contributed by atoms with Crippen LogP contribution in [-0.4, -0.2) is 47.6 Å². The van der Waals surface area contributed by atoms with Gasteiger partial charge in [-0.3, -0.25) is 0 Å². The van der Waals surface area contributed by atoms with Crippen molar-refractivity contribution in [3.05, 3.63) is 0 Å². The molecule has 0 bridgehead atoms. The Morgan fingerprint density at radius 1 is 1.36 bits per heavy atom. The van der Waals surface area contributed by atoms with Crippen molar-refractivity contribution in [2.45, 2.75) is 25.3 Å². The molecule has 0 spiro atoms. The molecule has 2 aliphatic rings. The van der Waals surface area contributed by atoms with Crippen molar-refractivity contribution >= 4 is 17.3 Å². The van der Waals surface area contributed by atoms with Gasteiger partial charge in [-0.2, -0.15) is 0 Å². The molecule has 2 aliphatic heterocycles. The smallest absolute Gasteiger partial charge is 0.166 e. The first-order chi connectivity index (χ1) is 6.68. The maximum Gasteiger partial charge on any atom is 0.166 e. The SMILES string of the molecule is CN1CCCC2CN(C(N)=S)CCC21. The number of piperidine rings is 2. The van der Waals surface area contributed by atoms with Crippen LogP contribution in [0.15, 0.2) is 0 Å². The van der Waals surface area contributed by atoms with Crippen LogP contribution >= 0.6 is 12.2 Å². The number of thiocarbonyl (C=S) groups is 1. The predicted molar refractivity (Wildman–Crippen MR) is 62.1 cm³/mol. The van der Waals surface area contributed by atoms with E-state index in [4.69, 9.17) is 18.0 Å². The molecule has 0 amide bonds. The molecule has 2 fully saturated rings. The number of nitrogens with two attached hydrogens (primary N) is 1. The van der Waals surface area contributed by atoms with Crippen molar-refractivity contribution in [2.75, 3.05) is 26.7 Å². The molecule has 2 atom stereocenters. The average Bonchev–Trinajstić information content (AvgIpc) is 2.17. The maximum absolute atomic E-state index is 5.67. The third-order valence-corrected chi connectivity index (χ3v) is 3.92. The monoisotopic (exact) mass is 213 g/mol. The van der Waals surface area contributed by atoms with E-state index in [1.54, 1.807) is 0 Å².